The van der Waals surface area contributed by atoms with E-state index in [2.05, 4.69) is 0 Å². The molecule has 68 valence electrons. The van der Waals surface area contributed by atoms with Gasteiger partial charge in [-0.15, -0.1) is 0 Å². The van der Waals surface area contributed by atoms with Gasteiger partial charge in [0.05, 0.1) is 12.0 Å². The smallest absolute Gasteiger partial charge is 0.113 e. The van der Waals surface area contributed by atoms with Crippen molar-refractivity contribution in [3.8, 4) is 0 Å². The Kier molecular flexibility index (Phi) is 4.25. The fraction of sp³-hybridized carbons (Fsp3) is 0.556. The molecule has 0 aromatic carbocycles. The number of hydrogen-bond donors (Lipinski definition) is 1. The van der Waals surface area contributed by atoms with Crippen LogP contribution in [0.5, 0.6) is 0 Å². The van der Waals surface area contributed by atoms with E-state index in [1.54, 1.807) is 18.0 Å². The van der Waals surface area contributed by atoms with E-state index in [0.717, 1.165) is 17.3 Å². The van der Waals surface area contributed by atoms with Crippen LogP contribution in [0.15, 0.2) is 22.8 Å². The summed E-state index contributed by atoms with van der Waals surface area (Å²) in [6.07, 6.45) is 1.69. The average Bonchev–Trinajstić information content (AvgIpc) is 2.57. The summed E-state index contributed by atoms with van der Waals surface area (Å²) in [6.45, 7) is 2.31. The number of rotatable bonds is 5. The highest BCUT2D eigenvalue weighted by molar-refractivity contribution is 7.98. The molecule has 1 aromatic rings. The molecule has 0 aliphatic carbocycles. The second kappa shape index (κ2) is 5.27. The first-order valence-corrected chi connectivity index (χ1v) is 5.19. The van der Waals surface area contributed by atoms with E-state index in [9.17, 15) is 0 Å². The number of thioether (sulfide) groups is 1. The maximum atomic E-state index is 8.76. The molecule has 1 aromatic heterocycles. The lowest BCUT2D eigenvalue weighted by Gasteiger charge is -2.05. The normalized spacial score (nSPS) is 13.2. The Morgan fingerprint density at radius 3 is 3.08 bits per heavy atom. The van der Waals surface area contributed by atoms with Gasteiger partial charge in [-0.2, -0.15) is 11.8 Å². The van der Waals surface area contributed by atoms with Crippen LogP contribution in [-0.4, -0.2) is 17.5 Å². The quantitative estimate of drug-likeness (QED) is 0.765. The Morgan fingerprint density at radius 1 is 1.67 bits per heavy atom. The second-order valence-corrected chi connectivity index (χ2v) is 3.91. The minimum absolute atomic E-state index is 0.269. The van der Waals surface area contributed by atoms with Crippen LogP contribution < -0.4 is 0 Å². The van der Waals surface area contributed by atoms with Crippen molar-refractivity contribution in [2.24, 2.45) is 5.92 Å². The van der Waals surface area contributed by atoms with Crippen LogP contribution in [0.4, 0.5) is 0 Å². The summed E-state index contributed by atoms with van der Waals surface area (Å²) in [6, 6.07) is 3.86. The molecule has 1 unspecified atom stereocenters. The van der Waals surface area contributed by atoms with Crippen molar-refractivity contribution in [3.05, 3.63) is 24.2 Å². The fourth-order valence-corrected chi connectivity index (χ4v) is 1.80. The van der Waals surface area contributed by atoms with Gasteiger partial charge in [0, 0.05) is 6.61 Å². The van der Waals surface area contributed by atoms with Crippen molar-refractivity contribution in [3.63, 3.8) is 0 Å². The van der Waals surface area contributed by atoms with Gasteiger partial charge in [0.2, 0.25) is 0 Å². The first-order chi connectivity index (χ1) is 5.83. The van der Waals surface area contributed by atoms with E-state index in [4.69, 9.17) is 9.52 Å². The number of furan rings is 1. The monoisotopic (exact) mass is 186 g/mol. The van der Waals surface area contributed by atoms with Gasteiger partial charge in [-0.1, -0.05) is 6.92 Å². The van der Waals surface area contributed by atoms with E-state index in [1.807, 2.05) is 19.1 Å². The molecular formula is C9H14O2S. The number of hydrogen-bond acceptors (Lipinski definition) is 3. The van der Waals surface area contributed by atoms with Crippen LogP contribution in [0.25, 0.3) is 0 Å². The predicted octanol–water partition coefficient (Wildman–Crippen LogP) is 2.14. The highest BCUT2D eigenvalue weighted by atomic mass is 32.2. The maximum absolute atomic E-state index is 8.76. The van der Waals surface area contributed by atoms with Crippen LogP contribution in [0.1, 0.15) is 12.7 Å². The van der Waals surface area contributed by atoms with Gasteiger partial charge in [-0.05, 0) is 23.8 Å². The molecule has 1 rings (SSSR count). The molecule has 0 spiro atoms. The van der Waals surface area contributed by atoms with Gasteiger partial charge in [0.15, 0.2) is 0 Å². The molecule has 0 fully saturated rings. The van der Waals surface area contributed by atoms with E-state index in [0.29, 0.717) is 5.92 Å². The maximum Gasteiger partial charge on any atom is 0.113 e. The Balaban J connectivity index is 2.11. The molecule has 1 atom stereocenters. The molecule has 3 heteroatoms. The molecule has 0 saturated carbocycles. The van der Waals surface area contributed by atoms with Gasteiger partial charge >= 0.3 is 0 Å². The van der Waals surface area contributed by atoms with Crippen molar-refractivity contribution in [2.75, 3.05) is 12.4 Å². The summed E-state index contributed by atoms with van der Waals surface area (Å²) >= 11 is 1.79. The van der Waals surface area contributed by atoms with E-state index in [-0.39, 0.29) is 6.61 Å². The van der Waals surface area contributed by atoms with Gasteiger partial charge in [0.1, 0.15) is 5.76 Å². The van der Waals surface area contributed by atoms with Crippen molar-refractivity contribution < 1.29 is 9.52 Å². The van der Waals surface area contributed by atoms with E-state index in [1.165, 1.54) is 0 Å². The Bertz CT molecular complexity index is 196. The largest absolute Gasteiger partial charge is 0.468 e. The predicted molar refractivity (Wildman–Crippen MR) is 51.1 cm³/mol. The first kappa shape index (κ1) is 9.68. The second-order valence-electron chi connectivity index (χ2n) is 2.88. The topological polar surface area (TPSA) is 33.4 Å². The zero-order valence-corrected chi connectivity index (χ0v) is 8.01. The van der Waals surface area contributed by atoms with Crippen LogP contribution in [-0.2, 0) is 5.75 Å². The van der Waals surface area contributed by atoms with Crippen molar-refractivity contribution in [1.82, 2.24) is 0 Å². The van der Waals surface area contributed by atoms with E-state index >= 15 is 0 Å². The molecule has 1 N–H and O–H groups in total. The van der Waals surface area contributed by atoms with Gasteiger partial charge < -0.3 is 9.52 Å². The highest BCUT2D eigenvalue weighted by Crippen LogP contribution is 2.15. The van der Waals surface area contributed by atoms with Crippen molar-refractivity contribution in [1.29, 1.82) is 0 Å². The summed E-state index contributed by atoms with van der Waals surface area (Å²) in [5, 5.41) is 8.76. The summed E-state index contributed by atoms with van der Waals surface area (Å²) in [7, 11) is 0. The van der Waals surface area contributed by atoms with Crippen LogP contribution in [0.3, 0.4) is 0 Å². The van der Waals surface area contributed by atoms with Gasteiger partial charge in [-0.25, -0.2) is 0 Å². The molecule has 12 heavy (non-hydrogen) atoms. The lowest BCUT2D eigenvalue weighted by atomic mass is 10.2. The minimum atomic E-state index is 0.269. The fourth-order valence-electron chi connectivity index (χ4n) is 0.808. The lowest BCUT2D eigenvalue weighted by molar-refractivity contribution is 0.250. The molecule has 0 bridgehead atoms. The number of aliphatic hydroxyl groups excluding tert-OH is 1. The molecule has 0 amide bonds. The van der Waals surface area contributed by atoms with Crippen LogP contribution in [0, 0.1) is 5.92 Å². The molecule has 0 aliphatic heterocycles. The van der Waals surface area contributed by atoms with Gasteiger partial charge in [-0.3, -0.25) is 0 Å². The number of aliphatic hydroxyl groups is 1. The molecule has 0 aliphatic rings. The van der Waals surface area contributed by atoms with Crippen LogP contribution in [0.2, 0.25) is 0 Å². The summed E-state index contributed by atoms with van der Waals surface area (Å²) in [4.78, 5) is 0. The zero-order chi connectivity index (χ0) is 8.81. The Labute approximate surface area is 77.0 Å². The molecule has 0 radical (unpaired) electrons. The standard InChI is InChI=1S/C9H14O2S/c1-8(5-10)6-12-7-9-3-2-4-11-9/h2-4,8,10H,5-7H2,1H3. The molecule has 2 nitrogen and oxygen atoms in total. The Morgan fingerprint density at radius 2 is 2.50 bits per heavy atom. The van der Waals surface area contributed by atoms with Crippen molar-refractivity contribution in [2.45, 2.75) is 12.7 Å². The molecule has 0 saturated heterocycles. The summed E-state index contributed by atoms with van der Waals surface area (Å²) in [5.41, 5.74) is 0. The highest BCUT2D eigenvalue weighted by Gasteiger charge is 2.01. The van der Waals surface area contributed by atoms with Gasteiger partial charge in [0.25, 0.3) is 0 Å². The average molecular weight is 186 g/mol. The molecular weight excluding hydrogens is 172 g/mol. The van der Waals surface area contributed by atoms with E-state index < -0.39 is 0 Å². The third-order valence-electron chi connectivity index (χ3n) is 1.54. The third-order valence-corrected chi connectivity index (χ3v) is 2.83. The first-order valence-electron chi connectivity index (χ1n) is 4.04. The lowest BCUT2D eigenvalue weighted by Crippen LogP contribution is -2.03. The SMILES string of the molecule is CC(CO)CSCc1ccco1. The minimum Gasteiger partial charge on any atom is -0.468 e. The summed E-state index contributed by atoms with van der Waals surface area (Å²) in [5.74, 6) is 3.27. The molecule has 1 heterocycles. The third kappa shape index (κ3) is 3.32. The van der Waals surface area contributed by atoms with Crippen molar-refractivity contribution >= 4 is 11.8 Å². The zero-order valence-electron chi connectivity index (χ0n) is 7.19. The Hall–Kier alpha value is -0.410. The van der Waals surface area contributed by atoms with Crippen LogP contribution >= 0.6 is 11.8 Å². The summed E-state index contributed by atoms with van der Waals surface area (Å²) < 4.78 is 5.17.